The van der Waals surface area contributed by atoms with Gasteiger partial charge in [-0.05, 0) is 54.3 Å². The van der Waals surface area contributed by atoms with E-state index < -0.39 is 0 Å². The zero-order chi connectivity index (χ0) is 16.0. The van der Waals surface area contributed by atoms with Gasteiger partial charge in [0, 0.05) is 17.4 Å². The Labute approximate surface area is 128 Å². The Hall–Kier alpha value is -2.20. The fourth-order valence-electron chi connectivity index (χ4n) is 3.61. The number of aldehydes is 1. The predicted molar refractivity (Wildman–Crippen MR) is 83.7 cm³/mol. The molecule has 22 heavy (non-hydrogen) atoms. The minimum Gasteiger partial charge on any atom is -0.507 e. The molecule has 0 spiro atoms. The Kier molecular flexibility index (Phi) is 3.49. The third-order valence-corrected chi connectivity index (χ3v) is 4.68. The van der Waals surface area contributed by atoms with Crippen molar-refractivity contribution >= 4 is 22.8 Å². The van der Waals surface area contributed by atoms with Gasteiger partial charge in [-0.15, -0.1) is 0 Å². The van der Waals surface area contributed by atoms with E-state index in [0.29, 0.717) is 40.5 Å². The number of hydrogen-bond acceptors (Lipinski definition) is 4. The third-order valence-electron chi connectivity index (χ3n) is 4.68. The number of fused-ring (bicyclic) bond motifs is 2. The van der Waals surface area contributed by atoms with Crippen LogP contribution in [0.5, 0.6) is 5.75 Å². The number of aryl methyl sites for hydroxylation is 2. The smallest absolute Gasteiger partial charge is 0.166 e. The molecule has 0 unspecified atom stereocenters. The largest absolute Gasteiger partial charge is 0.507 e. The minimum absolute atomic E-state index is 0.0486. The lowest BCUT2D eigenvalue weighted by molar-refractivity contribution is 0.0969. The number of aliphatic hydroxyl groups excluding tert-OH is 1. The van der Waals surface area contributed by atoms with Gasteiger partial charge < -0.3 is 10.2 Å². The molecule has 2 aromatic carbocycles. The maximum atomic E-state index is 12.2. The number of aromatic hydroxyl groups is 1. The van der Waals surface area contributed by atoms with Gasteiger partial charge in [0.15, 0.2) is 12.1 Å². The van der Waals surface area contributed by atoms with E-state index in [1.165, 1.54) is 0 Å². The second-order valence-corrected chi connectivity index (χ2v) is 5.89. The van der Waals surface area contributed by atoms with Crippen molar-refractivity contribution in [2.24, 2.45) is 0 Å². The van der Waals surface area contributed by atoms with Crippen LogP contribution in [-0.4, -0.2) is 22.3 Å². The number of benzene rings is 2. The van der Waals surface area contributed by atoms with Crippen LogP contribution in [0.2, 0.25) is 0 Å². The maximum Gasteiger partial charge on any atom is 0.166 e. The molecule has 0 amide bonds. The highest BCUT2D eigenvalue weighted by atomic mass is 16.3. The first-order valence-corrected chi connectivity index (χ1v) is 7.41. The normalized spacial score (nSPS) is 14.2. The molecule has 3 rings (SSSR count). The summed E-state index contributed by atoms with van der Waals surface area (Å²) in [5, 5.41) is 21.7. The Morgan fingerprint density at radius 3 is 2.64 bits per heavy atom. The first-order valence-electron chi connectivity index (χ1n) is 7.41. The molecule has 0 saturated heterocycles. The molecule has 0 saturated carbocycles. The molecule has 0 fully saturated rings. The zero-order valence-corrected chi connectivity index (χ0v) is 12.7. The Balaban J connectivity index is 2.56. The number of carbonyl (C=O) groups excluding carboxylic acids is 2. The summed E-state index contributed by atoms with van der Waals surface area (Å²) in [4.78, 5) is 23.6. The first kappa shape index (κ1) is 14.7. The lowest BCUT2D eigenvalue weighted by Crippen LogP contribution is -2.15. The number of Topliss-reactive ketones (excluding diaryl/α,β-unsaturated/α-hetero) is 1. The number of phenols is 1. The maximum absolute atomic E-state index is 12.2. The van der Waals surface area contributed by atoms with Crippen molar-refractivity contribution in [1.29, 1.82) is 0 Å². The van der Waals surface area contributed by atoms with Crippen molar-refractivity contribution in [2.45, 2.75) is 39.7 Å². The van der Waals surface area contributed by atoms with Crippen LogP contribution in [0.15, 0.2) is 6.07 Å². The van der Waals surface area contributed by atoms with E-state index in [9.17, 15) is 19.8 Å². The molecule has 1 aliphatic carbocycles. The van der Waals surface area contributed by atoms with E-state index in [1.54, 1.807) is 6.92 Å². The number of rotatable bonds is 2. The third kappa shape index (κ3) is 1.87. The molecule has 4 heteroatoms. The second kappa shape index (κ2) is 5.21. The van der Waals surface area contributed by atoms with Gasteiger partial charge in [-0.25, -0.2) is 0 Å². The highest BCUT2D eigenvalue weighted by molar-refractivity contribution is 6.10. The summed E-state index contributed by atoms with van der Waals surface area (Å²) in [6.07, 6.45) is 2.58. The van der Waals surface area contributed by atoms with Gasteiger partial charge in [-0.1, -0.05) is 6.07 Å². The number of ketones is 1. The van der Waals surface area contributed by atoms with Crippen molar-refractivity contribution < 1.29 is 19.8 Å². The second-order valence-electron chi connectivity index (χ2n) is 5.89. The summed E-state index contributed by atoms with van der Waals surface area (Å²) >= 11 is 0. The topological polar surface area (TPSA) is 74.6 Å². The van der Waals surface area contributed by atoms with Gasteiger partial charge in [-0.2, -0.15) is 0 Å². The molecule has 2 aromatic rings. The molecule has 1 aliphatic rings. The fraction of sp³-hybridized carbons (Fsp3) is 0.333. The van der Waals surface area contributed by atoms with Gasteiger partial charge in [0.05, 0.1) is 12.2 Å². The SMILES string of the molecule is Cc1cc2c(CO)c3c(c(O)c2c(C)c1C=O)C(=O)CCC3. The molecule has 0 heterocycles. The molecule has 114 valence electrons. The molecule has 0 radical (unpaired) electrons. The van der Waals surface area contributed by atoms with Crippen LogP contribution in [0.25, 0.3) is 10.8 Å². The number of phenolic OH excluding ortho intramolecular Hbond substituents is 1. The Bertz CT molecular complexity index is 818. The number of hydrogen-bond donors (Lipinski definition) is 2. The van der Waals surface area contributed by atoms with E-state index in [2.05, 4.69) is 0 Å². The van der Waals surface area contributed by atoms with E-state index in [0.717, 1.165) is 29.2 Å². The molecule has 4 nitrogen and oxygen atoms in total. The summed E-state index contributed by atoms with van der Waals surface area (Å²) in [6, 6.07) is 1.82. The van der Waals surface area contributed by atoms with E-state index in [4.69, 9.17) is 0 Å². The van der Waals surface area contributed by atoms with Crippen LogP contribution in [0.4, 0.5) is 0 Å². The van der Waals surface area contributed by atoms with E-state index in [1.807, 2.05) is 13.0 Å². The summed E-state index contributed by atoms with van der Waals surface area (Å²) in [7, 11) is 0. The lowest BCUT2D eigenvalue weighted by Gasteiger charge is -2.23. The quantitative estimate of drug-likeness (QED) is 0.836. The minimum atomic E-state index is -0.189. The summed E-state index contributed by atoms with van der Waals surface area (Å²) < 4.78 is 0. The fourth-order valence-corrected chi connectivity index (χ4v) is 3.61. The Morgan fingerprint density at radius 1 is 1.27 bits per heavy atom. The standard InChI is InChI=1S/C18H18O4/c1-9-6-12-14(8-20)11-4-3-5-15(21)17(11)18(22)16(12)10(2)13(9)7-19/h6-7,20,22H,3-5,8H2,1-2H3. The number of carbonyl (C=O) groups is 2. The van der Waals surface area contributed by atoms with Crippen molar-refractivity contribution in [1.82, 2.24) is 0 Å². The van der Waals surface area contributed by atoms with Gasteiger partial charge in [0.25, 0.3) is 0 Å². The molecule has 0 aromatic heterocycles. The van der Waals surface area contributed by atoms with Gasteiger partial charge in [-0.3, -0.25) is 9.59 Å². The van der Waals surface area contributed by atoms with Gasteiger partial charge >= 0.3 is 0 Å². The number of aliphatic hydroxyl groups is 1. The van der Waals surface area contributed by atoms with Crippen molar-refractivity contribution in [3.05, 3.63) is 39.4 Å². The Morgan fingerprint density at radius 2 is 2.00 bits per heavy atom. The summed E-state index contributed by atoms with van der Waals surface area (Å²) in [6.45, 7) is 3.41. The molecular formula is C18H18O4. The highest BCUT2D eigenvalue weighted by Crippen LogP contribution is 2.42. The summed E-state index contributed by atoms with van der Waals surface area (Å²) in [5.41, 5.74) is 3.75. The molecule has 0 aliphatic heterocycles. The molecular weight excluding hydrogens is 280 g/mol. The molecule has 2 N–H and O–H groups in total. The van der Waals surface area contributed by atoms with Crippen LogP contribution in [0.1, 0.15) is 55.8 Å². The van der Waals surface area contributed by atoms with Crippen LogP contribution < -0.4 is 0 Å². The van der Waals surface area contributed by atoms with Crippen LogP contribution in [0.3, 0.4) is 0 Å². The average molecular weight is 298 g/mol. The van der Waals surface area contributed by atoms with E-state index in [-0.39, 0.29) is 18.1 Å². The molecule has 0 atom stereocenters. The van der Waals surface area contributed by atoms with Crippen molar-refractivity contribution in [3.63, 3.8) is 0 Å². The van der Waals surface area contributed by atoms with Crippen molar-refractivity contribution in [3.8, 4) is 5.75 Å². The monoisotopic (exact) mass is 298 g/mol. The van der Waals surface area contributed by atoms with Crippen LogP contribution in [0, 0.1) is 13.8 Å². The van der Waals surface area contributed by atoms with Gasteiger partial charge in [0.1, 0.15) is 5.75 Å². The highest BCUT2D eigenvalue weighted by Gasteiger charge is 2.27. The van der Waals surface area contributed by atoms with Gasteiger partial charge in [0.2, 0.25) is 0 Å². The zero-order valence-electron chi connectivity index (χ0n) is 12.7. The summed E-state index contributed by atoms with van der Waals surface area (Å²) in [5.74, 6) is -0.143. The first-order chi connectivity index (χ1) is 10.5. The van der Waals surface area contributed by atoms with Crippen LogP contribution in [-0.2, 0) is 13.0 Å². The van der Waals surface area contributed by atoms with Crippen molar-refractivity contribution in [2.75, 3.05) is 0 Å². The molecule has 0 bridgehead atoms. The lowest BCUT2D eigenvalue weighted by atomic mass is 9.81. The average Bonchev–Trinajstić information content (AvgIpc) is 2.47. The predicted octanol–water partition coefficient (Wildman–Crippen LogP) is 2.99. The van der Waals surface area contributed by atoms with E-state index >= 15 is 0 Å². The van der Waals surface area contributed by atoms with Crippen LogP contribution >= 0.6 is 0 Å².